The van der Waals surface area contributed by atoms with Crippen molar-refractivity contribution >= 4 is 11.8 Å². The van der Waals surface area contributed by atoms with Crippen LogP contribution in [0.15, 0.2) is 12.3 Å². The summed E-state index contributed by atoms with van der Waals surface area (Å²) in [5.74, 6) is 0.648. The number of hydrogen-bond donors (Lipinski definition) is 3. The van der Waals surface area contributed by atoms with Gasteiger partial charge in [-0.2, -0.15) is 5.10 Å². The molecule has 0 radical (unpaired) electrons. The van der Waals surface area contributed by atoms with E-state index >= 15 is 0 Å². The first-order valence-corrected chi connectivity index (χ1v) is 3.97. The highest BCUT2D eigenvalue weighted by atomic mass is 16.2. The zero-order chi connectivity index (χ0) is 9.68. The Balaban J connectivity index is 2.41. The van der Waals surface area contributed by atoms with Gasteiger partial charge in [0, 0.05) is 26.2 Å². The standard InChI is InChI=1S/C7H13N5O/c1-12-6(2-4-10-12)11-7(13)9-5-3-8/h2,4H,3,5,8H2,1H3,(H2,9,11,13). The van der Waals surface area contributed by atoms with Crippen LogP contribution in [0.3, 0.4) is 0 Å². The molecule has 13 heavy (non-hydrogen) atoms. The molecule has 0 spiro atoms. The van der Waals surface area contributed by atoms with Gasteiger partial charge in [-0.3, -0.25) is 10.00 Å². The maximum Gasteiger partial charge on any atom is 0.320 e. The Hall–Kier alpha value is -1.56. The molecule has 72 valence electrons. The minimum Gasteiger partial charge on any atom is -0.337 e. The summed E-state index contributed by atoms with van der Waals surface area (Å²) in [7, 11) is 1.75. The number of carbonyl (C=O) groups excluding carboxylic acids is 1. The Bertz CT molecular complexity index is 282. The maximum atomic E-state index is 11.1. The lowest BCUT2D eigenvalue weighted by atomic mass is 10.6. The van der Waals surface area contributed by atoms with Crippen molar-refractivity contribution in [3.8, 4) is 0 Å². The number of aryl methyl sites for hydroxylation is 1. The van der Waals surface area contributed by atoms with Gasteiger partial charge in [0.25, 0.3) is 0 Å². The van der Waals surface area contributed by atoms with Crippen molar-refractivity contribution in [2.75, 3.05) is 18.4 Å². The first kappa shape index (κ1) is 9.53. The molecular formula is C7H13N5O. The van der Waals surface area contributed by atoms with Crippen LogP contribution in [0.25, 0.3) is 0 Å². The predicted octanol–water partition coefficient (Wildman–Crippen LogP) is -0.500. The van der Waals surface area contributed by atoms with Crippen molar-refractivity contribution < 1.29 is 4.79 Å². The topological polar surface area (TPSA) is 85.0 Å². The first-order chi connectivity index (χ1) is 6.24. The molecule has 2 amide bonds. The molecular weight excluding hydrogens is 170 g/mol. The molecule has 1 aromatic rings. The summed E-state index contributed by atoms with van der Waals surface area (Å²) in [5, 5.41) is 9.10. The molecule has 1 heterocycles. The fraction of sp³-hybridized carbons (Fsp3) is 0.429. The van der Waals surface area contributed by atoms with Crippen LogP contribution < -0.4 is 16.4 Å². The largest absolute Gasteiger partial charge is 0.337 e. The molecule has 0 saturated carbocycles. The van der Waals surface area contributed by atoms with Gasteiger partial charge in [-0.15, -0.1) is 0 Å². The maximum absolute atomic E-state index is 11.1. The summed E-state index contributed by atoms with van der Waals surface area (Å²) >= 11 is 0. The molecule has 0 aliphatic heterocycles. The second-order valence-electron chi connectivity index (χ2n) is 2.51. The van der Waals surface area contributed by atoms with E-state index in [4.69, 9.17) is 5.73 Å². The van der Waals surface area contributed by atoms with Gasteiger partial charge in [-0.05, 0) is 0 Å². The number of nitrogens with two attached hydrogens (primary N) is 1. The average molecular weight is 183 g/mol. The molecule has 6 heteroatoms. The predicted molar refractivity (Wildman–Crippen MR) is 49.3 cm³/mol. The third kappa shape index (κ3) is 2.75. The number of urea groups is 1. The summed E-state index contributed by atoms with van der Waals surface area (Å²) in [5.41, 5.74) is 5.22. The zero-order valence-corrected chi connectivity index (χ0v) is 7.45. The SMILES string of the molecule is Cn1nccc1NC(=O)NCCN. The number of nitrogens with zero attached hydrogens (tertiary/aromatic N) is 2. The van der Waals surface area contributed by atoms with Crippen molar-refractivity contribution in [1.82, 2.24) is 15.1 Å². The fourth-order valence-corrected chi connectivity index (χ4v) is 0.843. The van der Waals surface area contributed by atoms with Crippen LogP contribution in [-0.4, -0.2) is 28.9 Å². The van der Waals surface area contributed by atoms with Gasteiger partial charge in [-0.25, -0.2) is 4.79 Å². The average Bonchev–Trinajstić information content (AvgIpc) is 2.48. The van der Waals surface area contributed by atoms with E-state index < -0.39 is 0 Å². The zero-order valence-electron chi connectivity index (χ0n) is 7.45. The Morgan fingerprint density at radius 3 is 3.08 bits per heavy atom. The van der Waals surface area contributed by atoms with E-state index in [0.29, 0.717) is 18.9 Å². The number of carbonyl (C=O) groups is 1. The fourth-order valence-electron chi connectivity index (χ4n) is 0.843. The molecule has 6 nitrogen and oxygen atoms in total. The van der Waals surface area contributed by atoms with E-state index in [0.717, 1.165) is 0 Å². The number of aromatic nitrogens is 2. The molecule has 0 aliphatic carbocycles. The number of anilines is 1. The van der Waals surface area contributed by atoms with Crippen LogP contribution in [0.4, 0.5) is 10.6 Å². The molecule has 4 N–H and O–H groups in total. The minimum absolute atomic E-state index is 0.269. The van der Waals surface area contributed by atoms with E-state index in [9.17, 15) is 4.79 Å². The lowest BCUT2D eigenvalue weighted by Gasteiger charge is -2.05. The molecule has 0 bridgehead atoms. The lowest BCUT2D eigenvalue weighted by Crippen LogP contribution is -2.33. The highest BCUT2D eigenvalue weighted by Gasteiger charge is 2.02. The number of hydrogen-bond acceptors (Lipinski definition) is 3. The van der Waals surface area contributed by atoms with E-state index in [-0.39, 0.29) is 6.03 Å². The molecule has 1 aromatic heterocycles. The number of rotatable bonds is 3. The van der Waals surface area contributed by atoms with Crippen LogP contribution in [0, 0.1) is 0 Å². The molecule has 0 saturated heterocycles. The number of amides is 2. The van der Waals surface area contributed by atoms with Gasteiger partial charge in [0.1, 0.15) is 5.82 Å². The van der Waals surface area contributed by atoms with E-state index in [1.807, 2.05) is 0 Å². The monoisotopic (exact) mass is 183 g/mol. The molecule has 0 unspecified atom stereocenters. The summed E-state index contributed by atoms with van der Waals surface area (Å²) in [4.78, 5) is 11.1. The second kappa shape index (κ2) is 4.46. The lowest BCUT2D eigenvalue weighted by molar-refractivity contribution is 0.252. The Morgan fingerprint density at radius 1 is 1.77 bits per heavy atom. The molecule has 0 aliphatic rings. The van der Waals surface area contributed by atoms with Gasteiger partial charge in [0.05, 0.1) is 6.20 Å². The van der Waals surface area contributed by atoms with Crippen LogP contribution in [0.1, 0.15) is 0 Å². The van der Waals surface area contributed by atoms with Crippen LogP contribution in [0.5, 0.6) is 0 Å². The van der Waals surface area contributed by atoms with E-state index in [2.05, 4.69) is 15.7 Å². The Kier molecular flexibility index (Phi) is 3.27. The van der Waals surface area contributed by atoms with Gasteiger partial charge in [-0.1, -0.05) is 0 Å². The third-order valence-electron chi connectivity index (χ3n) is 1.49. The van der Waals surface area contributed by atoms with Crippen molar-refractivity contribution in [2.24, 2.45) is 12.8 Å². The van der Waals surface area contributed by atoms with Gasteiger partial charge in [0.2, 0.25) is 0 Å². The van der Waals surface area contributed by atoms with Crippen LogP contribution >= 0.6 is 0 Å². The van der Waals surface area contributed by atoms with E-state index in [1.54, 1.807) is 24.0 Å². The van der Waals surface area contributed by atoms with Crippen molar-refractivity contribution in [3.63, 3.8) is 0 Å². The molecule has 1 rings (SSSR count). The van der Waals surface area contributed by atoms with Crippen molar-refractivity contribution in [2.45, 2.75) is 0 Å². The quantitative estimate of drug-likeness (QED) is 0.590. The first-order valence-electron chi connectivity index (χ1n) is 3.97. The third-order valence-corrected chi connectivity index (χ3v) is 1.49. The van der Waals surface area contributed by atoms with E-state index in [1.165, 1.54) is 0 Å². The molecule has 0 atom stereocenters. The van der Waals surface area contributed by atoms with Gasteiger partial charge >= 0.3 is 6.03 Å². The molecule has 0 aromatic carbocycles. The van der Waals surface area contributed by atoms with Gasteiger partial charge in [0.15, 0.2) is 0 Å². The van der Waals surface area contributed by atoms with Crippen LogP contribution in [-0.2, 0) is 7.05 Å². The Labute approximate surface area is 76.1 Å². The molecule has 0 fully saturated rings. The van der Waals surface area contributed by atoms with Crippen LogP contribution in [0.2, 0.25) is 0 Å². The normalized spacial score (nSPS) is 9.69. The number of nitrogens with one attached hydrogen (secondary N) is 2. The highest BCUT2D eigenvalue weighted by Crippen LogP contribution is 2.01. The summed E-state index contributed by atoms with van der Waals surface area (Å²) in [6, 6.07) is 1.44. The Morgan fingerprint density at radius 2 is 2.54 bits per heavy atom. The summed E-state index contributed by atoms with van der Waals surface area (Å²) < 4.78 is 1.57. The summed E-state index contributed by atoms with van der Waals surface area (Å²) in [6.07, 6.45) is 1.61. The smallest absolute Gasteiger partial charge is 0.320 e. The highest BCUT2D eigenvalue weighted by molar-refractivity contribution is 5.88. The minimum atomic E-state index is -0.269. The van der Waals surface area contributed by atoms with Crippen molar-refractivity contribution in [1.29, 1.82) is 0 Å². The second-order valence-corrected chi connectivity index (χ2v) is 2.51. The summed E-state index contributed by atoms with van der Waals surface area (Å²) in [6.45, 7) is 0.891. The van der Waals surface area contributed by atoms with Crippen molar-refractivity contribution in [3.05, 3.63) is 12.3 Å². The van der Waals surface area contributed by atoms with Gasteiger partial charge < -0.3 is 11.1 Å².